The molecule has 1 heteroatoms. The van der Waals surface area contributed by atoms with Gasteiger partial charge in [0.1, 0.15) is 0 Å². The molecule has 0 saturated heterocycles. The summed E-state index contributed by atoms with van der Waals surface area (Å²) in [7, 11) is 0. The average molecular weight is 251 g/mol. The van der Waals surface area contributed by atoms with E-state index in [1.807, 2.05) is 0 Å². The molecule has 1 fully saturated rings. The maximum absolute atomic E-state index is 4.22. The molecule has 18 heavy (non-hydrogen) atoms. The molecule has 1 aliphatic rings. The summed E-state index contributed by atoms with van der Waals surface area (Å²) in [5.41, 5.74) is 1.69. The summed E-state index contributed by atoms with van der Waals surface area (Å²) >= 11 is 0. The van der Waals surface area contributed by atoms with Gasteiger partial charge in [0.2, 0.25) is 0 Å². The molecular formula is C17H33N. The zero-order valence-electron chi connectivity index (χ0n) is 13.2. The Bertz CT molecular complexity index is 261. The zero-order valence-corrected chi connectivity index (χ0v) is 13.2. The van der Waals surface area contributed by atoms with E-state index in [1.54, 1.807) is 0 Å². The molecule has 1 aliphatic carbocycles. The standard InChI is InChI=1S/C17H33N/c1-7-13(2)10-16-11-14(3)8-9-15(16)12-18-17(4,5)6/h14-16,18H,2,7-12H2,1,3-6H3. The molecule has 0 aromatic heterocycles. The Balaban J connectivity index is 2.53. The van der Waals surface area contributed by atoms with E-state index in [9.17, 15) is 0 Å². The van der Waals surface area contributed by atoms with Crippen LogP contribution in [0.15, 0.2) is 12.2 Å². The Morgan fingerprint density at radius 3 is 2.44 bits per heavy atom. The van der Waals surface area contributed by atoms with E-state index < -0.39 is 0 Å². The fraction of sp³-hybridized carbons (Fsp3) is 0.882. The predicted octanol–water partition coefficient (Wildman–Crippen LogP) is 4.78. The minimum absolute atomic E-state index is 0.245. The SMILES string of the molecule is C=C(CC)CC1CC(C)CCC1CNC(C)(C)C. The molecule has 3 atom stereocenters. The third-order valence-electron chi connectivity index (χ3n) is 4.35. The molecule has 0 amide bonds. The fourth-order valence-corrected chi connectivity index (χ4v) is 3.03. The number of rotatable bonds is 5. The van der Waals surface area contributed by atoms with Gasteiger partial charge < -0.3 is 5.32 Å². The van der Waals surface area contributed by atoms with Gasteiger partial charge in [-0.25, -0.2) is 0 Å². The summed E-state index contributed by atoms with van der Waals surface area (Å²) < 4.78 is 0. The maximum atomic E-state index is 4.22. The van der Waals surface area contributed by atoms with Crippen molar-refractivity contribution >= 4 is 0 Å². The summed E-state index contributed by atoms with van der Waals surface area (Å²) in [5, 5.41) is 3.70. The van der Waals surface area contributed by atoms with Gasteiger partial charge in [-0.2, -0.15) is 0 Å². The predicted molar refractivity (Wildman–Crippen MR) is 81.8 cm³/mol. The molecule has 1 saturated carbocycles. The van der Waals surface area contributed by atoms with E-state index in [0.29, 0.717) is 0 Å². The van der Waals surface area contributed by atoms with Crippen molar-refractivity contribution in [1.29, 1.82) is 0 Å². The lowest BCUT2D eigenvalue weighted by atomic mass is 9.72. The second kappa shape index (κ2) is 6.75. The average Bonchev–Trinajstić information content (AvgIpc) is 2.26. The second-order valence-electron chi connectivity index (χ2n) is 7.38. The van der Waals surface area contributed by atoms with Crippen LogP contribution in [0.2, 0.25) is 0 Å². The van der Waals surface area contributed by atoms with Gasteiger partial charge in [0.25, 0.3) is 0 Å². The number of hydrogen-bond donors (Lipinski definition) is 1. The zero-order chi connectivity index (χ0) is 13.8. The van der Waals surface area contributed by atoms with Crippen molar-refractivity contribution in [3.63, 3.8) is 0 Å². The minimum atomic E-state index is 0.245. The van der Waals surface area contributed by atoms with Crippen LogP contribution in [0.5, 0.6) is 0 Å². The fourth-order valence-electron chi connectivity index (χ4n) is 3.03. The molecule has 1 rings (SSSR count). The van der Waals surface area contributed by atoms with Gasteiger partial charge >= 0.3 is 0 Å². The van der Waals surface area contributed by atoms with E-state index in [1.165, 1.54) is 37.8 Å². The summed E-state index contributed by atoms with van der Waals surface area (Å²) in [6.07, 6.45) is 6.59. The highest BCUT2D eigenvalue weighted by Crippen LogP contribution is 2.37. The van der Waals surface area contributed by atoms with Gasteiger partial charge in [-0.1, -0.05) is 32.4 Å². The topological polar surface area (TPSA) is 12.0 Å². The van der Waals surface area contributed by atoms with Crippen LogP contribution in [0, 0.1) is 17.8 Å². The van der Waals surface area contributed by atoms with Crippen LogP contribution in [-0.4, -0.2) is 12.1 Å². The smallest absolute Gasteiger partial charge is 0.00966 e. The van der Waals surface area contributed by atoms with Crippen molar-refractivity contribution in [3.05, 3.63) is 12.2 Å². The lowest BCUT2D eigenvalue weighted by Gasteiger charge is -2.37. The van der Waals surface area contributed by atoms with Crippen molar-refractivity contribution in [3.8, 4) is 0 Å². The highest BCUT2D eigenvalue weighted by atomic mass is 14.9. The van der Waals surface area contributed by atoms with Crippen molar-refractivity contribution in [2.24, 2.45) is 17.8 Å². The lowest BCUT2D eigenvalue weighted by molar-refractivity contribution is 0.173. The molecule has 0 spiro atoms. The van der Waals surface area contributed by atoms with Crippen molar-refractivity contribution < 1.29 is 0 Å². The molecule has 0 heterocycles. The largest absolute Gasteiger partial charge is 0.312 e. The Hall–Kier alpha value is -0.300. The molecule has 1 nitrogen and oxygen atoms in total. The molecule has 0 aromatic carbocycles. The highest BCUT2D eigenvalue weighted by molar-refractivity contribution is 4.97. The summed E-state index contributed by atoms with van der Waals surface area (Å²) in [6.45, 7) is 16.8. The number of hydrogen-bond acceptors (Lipinski definition) is 1. The first-order chi connectivity index (χ1) is 8.31. The van der Waals surface area contributed by atoms with E-state index in [-0.39, 0.29) is 5.54 Å². The quantitative estimate of drug-likeness (QED) is 0.693. The molecular weight excluding hydrogens is 218 g/mol. The van der Waals surface area contributed by atoms with Gasteiger partial charge in [-0.3, -0.25) is 0 Å². The molecule has 0 radical (unpaired) electrons. The van der Waals surface area contributed by atoms with Crippen molar-refractivity contribution in [1.82, 2.24) is 5.32 Å². The molecule has 0 aliphatic heterocycles. The molecule has 0 bridgehead atoms. The van der Waals surface area contributed by atoms with E-state index in [0.717, 1.165) is 24.2 Å². The first-order valence-electron chi connectivity index (χ1n) is 7.73. The van der Waals surface area contributed by atoms with Gasteiger partial charge in [-0.05, 0) is 70.8 Å². The maximum Gasteiger partial charge on any atom is 0.00966 e. The monoisotopic (exact) mass is 251 g/mol. The minimum Gasteiger partial charge on any atom is -0.312 e. The van der Waals surface area contributed by atoms with E-state index in [4.69, 9.17) is 0 Å². The van der Waals surface area contributed by atoms with Gasteiger partial charge in [-0.15, -0.1) is 0 Å². The molecule has 3 unspecified atom stereocenters. The normalized spacial score (nSPS) is 29.3. The van der Waals surface area contributed by atoms with E-state index >= 15 is 0 Å². The van der Waals surface area contributed by atoms with Crippen LogP contribution in [-0.2, 0) is 0 Å². The third-order valence-corrected chi connectivity index (χ3v) is 4.35. The van der Waals surface area contributed by atoms with Crippen molar-refractivity contribution in [2.75, 3.05) is 6.54 Å². The Morgan fingerprint density at radius 2 is 1.89 bits per heavy atom. The van der Waals surface area contributed by atoms with Crippen LogP contribution in [0.1, 0.15) is 66.7 Å². The summed E-state index contributed by atoms with van der Waals surface area (Å²) in [5.74, 6) is 2.62. The highest BCUT2D eigenvalue weighted by Gasteiger charge is 2.29. The van der Waals surface area contributed by atoms with E-state index in [2.05, 4.69) is 46.5 Å². The summed E-state index contributed by atoms with van der Waals surface area (Å²) in [6, 6.07) is 0. The number of nitrogens with one attached hydrogen (secondary N) is 1. The van der Waals surface area contributed by atoms with Gasteiger partial charge in [0, 0.05) is 5.54 Å². The molecule has 0 aromatic rings. The lowest BCUT2D eigenvalue weighted by Crippen LogP contribution is -2.42. The van der Waals surface area contributed by atoms with Crippen molar-refractivity contribution in [2.45, 2.75) is 72.3 Å². The van der Waals surface area contributed by atoms with Gasteiger partial charge in [0.15, 0.2) is 0 Å². The second-order valence-corrected chi connectivity index (χ2v) is 7.38. The Kier molecular flexibility index (Phi) is 5.91. The number of allylic oxidation sites excluding steroid dienone is 1. The van der Waals surface area contributed by atoms with Gasteiger partial charge in [0.05, 0.1) is 0 Å². The van der Waals surface area contributed by atoms with Crippen LogP contribution in [0.4, 0.5) is 0 Å². The first-order valence-corrected chi connectivity index (χ1v) is 7.73. The van der Waals surface area contributed by atoms with Crippen LogP contribution in [0.25, 0.3) is 0 Å². The summed E-state index contributed by atoms with van der Waals surface area (Å²) in [4.78, 5) is 0. The Labute approximate surface area is 114 Å². The third kappa shape index (κ3) is 5.56. The van der Waals surface area contributed by atoms with Crippen LogP contribution >= 0.6 is 0 Å². The Morgan fingerprint density at radius 1 is 1.22 bits per heavy atom. The molecule has 1 N–H and O–H groups in total. The van der Waals surface area contributed by atoms with Crippen LogP contribution < -0.4 is 5.32 Å². The molecule has 106 valence electrons. The first kappa shape index (κ1) is 15.8. The van der Waals surface area contributed by atoms with Crippen LogP contribution in [0.3, 0.4) is 0 Å².